The van der Waals surface area contributed by atoms with Crippen molar-refractivity contribution in [1.29, 1.82) is 0 Å². The summed E-state index contributed by atoms with van der Waals surface area (Å²) < 4.78 is 0. The highest BCUT2D eigenvalue weighted by molar-refractivity contribution is 6.42. The fourth-order valence-electron chi connectivity index (χ4n) is 2.69. The zero-order chi connectivity index (χ0) is 15.7. The van der Waals surface area contributed by atoms with Crippen LogP contribution in [0.25, 0.3) is 10.9 Å². The maximum Gasteiger partial charge on any atom is 0.304 e. The monoisotopic (exact) mass is 333 g/mol. The standard InChI is InChI=1S/C17H13Cl2NO2/c18-14-6-5-10(7-15(14)19)12(8-17(21)22)13-9-20-16-4-2-1-3-11(13)16/h1-7,9,12,20H,8H2,(H,21,22)/t12-/m1/s1. The smallest absolute Gasteiger partial charge is 0.304 e. The number of nitrogens with one attached hydrogen (secondary N) is 1. The molecule has 112 valence electrons. The molecule has 0 aliphatic rings. The largest absolute Gasteiger partial charge is 0.481 e. The molecule has 0 aliphatic carbocycles. The number of carboxylic acid groups (broad SMARTS) is 1. The summed E-state index contributed by atoms with van der Waals surface area (Å²) >= 11 is 12.0. The van der Waals surface area contributed by atoms with Gasteiger partial charge in [0, 0.05) is 23.0 Å². The molecule has 2 N–H and O–H groups in total. The van der Waals surface area contributed by atoms with E-state index < -0.39 is 5.97 Å². The Labute approximate surface area is 137 Å². The summed E-state index contributed by atoms with van der Waals surface area (Å²) in [6.07, 6.45) is 1.85. The number of aromatic nitrogens is 1. The van der Waals surface area contributed by atoms with Crippen molar-refractivity contribution in [1.82, 2.24) is 4.98 Å². The molecule has 22 heavy (non-hydrogen) atoms. The van der Waals surface area contributed by atoms with Crippen molar-refractivity contribution in [3.63, 3.8) is 0 Å². The van der Waals surface area contributed by atoms with Gasteiger partial charge in [-0.25, -0.2) is 0 Å². The lowest BCUT2D eigenvalue weighted by molar-refractivity contribution is -0.137. The molecule has 0 spiro atoms. The van der Waals surface area contributed by atoms with Gasteiger partial charge in [0.2, 0.25) is 0 Å². The highest BCUT2D eigenvalue weighted by Crippen LogP contribution is 2.35. The fourth-order valence-corrected chi connectivity index (χ4v) is 3.00. The number of carbonyl (C=O) groups is 1. The maximum absolute atomic E-state index is 11.3. The number of fused-ring (bicyclic) bond motifs is 1. The topological polar surface area (TPSA) is 53.1 Å². The second-order valence-corrected chi connectivity index (χ2v) is 5.93. The van der Waals surface area contributed by atoms with E-state index in [1.54, 1.807) is 12.1 Å². The lowest BCUT2D eigenvalue weighted by Gasteiger charge is -2.16. The Morgan fingerprint density at radius 1 is 1.14 bits per heavy atom. The SMILES string of the molecule is O=C(O)C[C@H](c1ccc(Cl)c(Cl)c1)c1c[nH]c2ccccc12. The Kier molecular flexibility index (Phi) is 4.10. The predicted octanol–water partition coefficient (Wildman–Crippen LogP) is 5.08. The van der Waals surface area contributed by atoms with E-state index in [4.69, 9.17) is 23.2 Å². The Bertz CT molecular complexity index is 842. The molecule has 0 fully saturated rings. The van der Waals surface area contributed by atoms with Crippen LogP contribution in [0.15, 0.2) is 48.7 Å². The first-order chi connectivity index (χ1) is 10.6. The van der Waals surface area contributed by atoms with Gasteiger partial charge in [0.1, 0.15) is 0 Å². The molecule has 3 nitrogen and oxygen atoms in total. The summed E-state index contributed by atoms with van der Waals surface area (Å²) in [6.45, 7) is 0. The number of H-pyrrole nitrogens is 1. The molecule has 0 bridgehead atoms. The molecule has 0 saturated heterocycles. The summed E-state index contributed by atoms with van der Waals surface area (Å²) in [5.74, 6) is -1.15. The summed E-state index contributed by atoms with van der Waals surface area (Å²) in [4.78, 5) is 14.5. The average molecular weight is 334 g/mol. The summed E-state index contributed by atoms with van der Waals surface area (Å²) in [7, 11) is 0. The van der Waals surface area contributed by atoms with Crippen molar-refractivity contribution in [2.45, 2.75) is 12.3 Å². The van der Waals surface area contributed by atoms with Crippen LogP contribution in [0.4, 0.5) is 0 Å². The number of rotatable bonds is 4. The number of aromatic amines is 1. The number of hydrogen-bond acceptors (Lipinski definition) is 1. The van der Waals surface area contributed by atoms with Crippen LogP contribution in [-0.4, -0.2) is 16.1 Å². The lowest BCUT2D eigenvalue weighted by atomic mass is 9.88. The van der Waals surface area contributed by atoms with Crippen molar-refractivity contribution in [2.75, 3.05) is 0 Å². The molecule has 1 aromatic heterocycles. The van der Waals surface area contributed by atoms with E-state index in [9.17, 15) is 9.90 Å². The van der Waals surface area contributed by atoms with E-state index in [1.165, 1.54) is 0 Å². The minimum Gasteiger partial charge on any atom is -0.481 e. The summed E-state index contributed by atoms with van der Waals surface area (Å²) in [6, 6.07) is 13.1. The fraction of sp³-hybridized carbons (Fsp3) is 0.118. The van der Waals surface area contributed by atoms with Gasteiger partial charge in [-0.15, -0.1) is 0 Å². The van der Waals surface area contributed by atoms with Crippen LogP contribution in [-0.2, 0) is 4.79 Å². The van der Waals surface area contributed by atoms with Gasteiger partial charge >= 0.3 is 5.97 Å². The van der Waals surface area contributed by atoms with Gasteiger partial charge in [-0.05, 0) is 29.3 Å². The highest BCUT2D eigenvalue weighted by Gasteiger charge is 2.21. The van der Waals surface area contributed by atoms with Crippen LogP contribution >= 0.6 is 23.2 Å². The first kappa shape index (κ1) is 14.9. The molecule has 0 aliphatic heterocycles. The van der Waals surface area contributed by atoms with E-state index >= 15 is 0 Å². The molecule has 0 saturated carbocycles. The Balaban J connectivity index is 2.13. The second-order valence-electron chi connectivity index (χ2n) is 5.11. The minimum atomic E-state index is -0.860. The Hall–Kier alpha value is -1.97. The van der Waals surface area contributed by atoms with E-state index in [0.717, 1.165) is 22.0 Å². The molecule has 0 radical (unpaired) electrons. The minimum absolute atomic E-state index is 0.0141. The molecular weight excluding hydrogens is 321 g/mol. The molecule has 1 atom stereocenters. The molecule has 3 aromatic rings. The zero-order valence-electron chi connectivity index (χ0n) is 11.5. The first-order valence-corrected chi connectivity index (χ1v) is 7.54. The Morgan fingerprint density at radius 3 is 2.64 bits per heavy atom. The van der Waals surface area contributed by atoms with Crippen LogP contribution in [0.3, 0.4) is 0 Å². The van der Waals surface area contributed by atoms with Crippen LogP contribution in [0.5, 0.6) is 0 Å². The summed E-state index contributed by atoms with van der Waals surface area (Å²) in [5.41, 5.74) is 2.76. The van der Waals surface area contributed by atoms with Gasteiger partial charge in [-0.2, -0.15) is 0 Å². The molecule has 5 heteroatoms. The number of carboxylic acids is 1. The highest BCUT2D eigenvalue weighted by atomic mass is 35.5. The molecule has 3 rings (SSSR count). The third-order valence-corrected chi connectivity index (χ3v) is 4.46. The molecule has 2 aromatic carbocycles. The van der Waals surface area contributed by atoms with Crippen LogP contribution in [0.1, 0.15) is 23.5 Å². The van der Waals surface area contributed by atoms with Crippen LogP contribution < -0.4 is 0 Å². The first-order valence-electron chi connectivity index (χ1n) is 6.79. The third kappa shape index (κ3) is 2.82. The van der Waals surface area contributed by atoms with Crippen molar-refractivity contribution < 1.29 is 9.90 Å². The van der Waals surface area contributed by atoms with Gasteiger partial charge in [-0.3, -0.25) is 4.79 Å². The third-order valence-electron chi connectivity index (χ3n) is 3.72. The van der Waals surface area contributed by atoms with Crippen molar-refractivity contribution >= 4 is 40.1 Å². The van der Waals surface area contributed by atoms with E-state index in [1.807, 2.05) is 36.5 Å². The quantitative estimate of drug-likeness (QED) is 0.699. The van der Waals surface area contributed by atoms with Crippen molar-refractivity contribution in [3.05, 3.63) is 69.8 Å². The van der Waals surface area contributed by atoms with Crippen molar-refractivity contribution in [2.24, 2.45) is 0 Å². The number of aliphatic carboxylic acids is 1. The van der Waals surface area contributed by atoms with E-state index in [2.05, 4.69) is 4.98 Å². The van der Waals surface area contributed by atoms with E-state index in [0.29, 0.717) is 10.0 Å². The van der Waals surface area contributed by atoms with Crippen molar-refractivity contribution in [3.8, 4) is 0 Å². The van der Waals surface area contributed by atoms with Gasteiger partial charge in [0.05, 0.1) is 16.5 Å². The van der Waals surface area contributed by atoms with Crippen LogP contribution in [0.2, 0.25) is 10.0 Å². The van der Waals surface area contributed by atoms with Crippen LogP contribution in [0, 0.1) is 0 Å². The number of halogens is 2. The lowest BCUT2D eigenvalue weighted by Crippen LogP contribution is -2.07. The molecule has 1 heterocycles. The predicted molar refractivity (Wildman–Crippen MR) is 88.9 cm³/mol. The average Bonchev–Trinajstić information content (AvgIpc) is 2.91. The normalized spacial score (nSPS) is 12.5. The summed E-state index contributed by atoms with van der Waals surface area (Å²) in [5, 5.41) is 11.2. The number of hydrogen-bond donors (Lipinski definition) is 2. The second kappa shape index (κ2) is 6.03. The number of benzene rings is 2. The Morgan fingerprint density at radius 2 is 1.91 bits per heavy atom. The van der Waals surface area contributed by atoms with Gasteiger partial charge < -0.3 is 10.1 Å². The zero-order valence-corrected chi connectivity index (χ0v) is 13.0. The molecule has 0 unspecified atom stereocenters. The molecule has 0 amide bonds. The van der Waals surface area contributed by atoms with E-state index in [-0.39, 0.29) is 12.3 Å². The maximum atomic E-state index is 11.3. The van der Waals surface area contributed by atoms with Gasteiger partial charge in [0.15, 0.2) is 0 Å². The van der Waals surface area contributed by atoms with Gasteiger partial charge in [0.25, 0.3) is 0 Å². The number of para-hydroxylation sites is 1. The van der Waals surface area contributed by atoms with Gasteiger partial charge in [-0.1, -0.05) is 47.5 Å². The molecular formula is C17H13Cl2NO2.